The molecule has 2 fully saturated rings. The van der Waals surface area contributed by atoms with Crippen molar-refractivity contribution >= 4 is 23.5 Å². The van der Waals surface area contributed by atoms with Gasteiger partial charge < -0.3 is 10.0 Å². The van der Waals surface area contributed by atoms with E-state index in [1.807, 2.05) is 29.2 Å². The second-order valence-electron chi connectivity index (χ2n) is 7.35. The van der Waals surface area contributed by atoms with E-state index in [9.17, 15) is 14.7 Å². The molecule has 23 heavy (non-hydrogen) atoms. The second kappa shape index (κ2) is 5.52. The van der Waals surface area contributed by atoms with E-state index in [1.165, 1.54) is 5.56 Å². The number of benzene rings is 1. The molecular formula is C18H22ClNO3. The highest BCUT2D eigenvalue weighted by atomic mass is 35.5. The normalized spacial score (nSPS) is 24.5. The van der Waals surface area contributed by atoms with Crippen LogP contribution in [0.3, 0.4) is 0 Å². The Labute approximate surface area is 141 Å². The van der Waals surface area contributed by atoms with Crippen LogP contribution in [0.1, 0.15) is 51.0 Å². The lowest BCUT2D eigenvalue weighted by Crippen LogP contribution is -2.46. The van der Waals surface area contributed by atoms with Gasteiger partial charge in [0.25, 0.3) is 0 Å². The van der Waals surface area contributed by atoms with E-state index in [0.717, 1.165) is 6.42 Å². The maximum atomic E-state index is 12.7. The average Bonchev–Trinajstić information content (AvgIpc) is 3.18. The van der Waals surface area contributed by atoms with E-state index in [4.69, 9.17) is 11.6 Å². The quantitative estimate of drug-likeness (QED) is 0.913. The van der Waals surface area contributed by atoms with Gasteiger partial charge in [-0.05, 0) is 50.8 Å². The number of amides is 1. The zero-order valence-electron chi connectivity index (χ0n) is 13.5. The van der Waals surface area contributed by atoms with Gasteiger partial charge in [-0.2, -0.15) is 0 Å². The smallest absolute Gasteiger partial charge is 0.310 e. The van der Waals surface area contributed by atoms with Crippen molar-refractivity contribution in [2.24, 2.45) is 5.41 Å². The van der Waals surface area contributed by atoms with Crippen molar-refractivity contribution in [2.75, 3.05) is 6.54 Å². The minimum absolute atomic E-state index is 0.0358. The first-order valence-electron chi connectivity index (χ1n) is 8.06. The molecule has 0 aromatic heterocycles. The number of halogens is 1. The van der Waals surface area contributed by atoms with E-state index < -0.39 is 11.4 Å². The summed E-state index contributed by atoms with van der Waals surface area (Å²) < 4.78 is 0. The molecule has 5 heteroatoms. The highest BCUT2D eigenvalue weighted by Crippen LogP contribution is 2.51. The Hall–Kier alpha value is -1.55. The molecule has 1 N–H and O–H groups in total. The van der Waals surface area contributed by atoms with E-state index in [2.05, 4.69) is 13.8 Å². The van der Waals surface area contributed by atoms with Crippen molar-refractivity contribution in [3.05, 3.63) is 34.9 Å². The summed E-state index contributed by atoms with van der Waals surface area (Å²) in [6, 6.07) is 7.78. The third-order valence-corrected chi connectivity index (χ3v) is 5.81. The lowest BCUT2D eigenvalue weighted by atomic mass is 9.82. The lowest BCUT2D eigenvalue weighted by molar-refractivity contribution is -0.148. The number of aliphatic carboxylic acids is 1. The van der Waals surface area contributed by atoms with Crippen LogP contribution in [0.15, 0.2) is 24.3 Å². The molecule has 124 valence electrons. The molecule has 1 saturated heterocycles. The molecule has 0 radical (unpaired) electrons. The zero-order chi connectivity index (χ0) is 16.8. The number of likely N-dealkylation sites (tertiary alicyclic amines) is 1. The first-order chi connectivity index (χ1) is 10.8. The fraction of sp³-hybridized carbons (Fsp3) is 0.556. The van der Waals surface area contributed by atoms with Crippen LogP contribution in [0, 0.1) is 5.41 Å². The van der Waals surface area contributed by atoms with Crippen LogP contribution in [0.2, 0.25) is 5.02 Å². The van der Waals surface area contributed by atoms with Crippen molar-refractivity contribution in [2.45, 2.75) is 51.0 Å². The van der Waals surface area contributed by atoms with Crippen LogP contribution in [-0.2, 0) is 9.59 Å². The van der Waals surface area contributed by atoms with Gasteiger partial charge in [0.15, 0.2) is 0 Å². The summed E-state index contributed by atoms with van der Waals surface area (Å²) in [7, 11) is 0. The second-order valence-corrected chi connectivity index (χ2v) is 7.79. The van der Waals surface area contributed by atoms with Gasteiger partial charge in [0.2, 0.25) is 5.91 Å². The Morgan fingerprint density at radius 3 is 2.39 bits per heavy atom. The maximum absolute atomic E-state index is 12.7. The van der Waals surface area contributed by atoms with Crippen LogP contribution in [0.4, 0.5) is 0 Å². The van der Waals surface area contributed by atoms with Crippen LogP contribution in [0.5, 0.6) is 0 Å². The molecule has 0 bridgehead atoms. The molecular weight excluding hydrogens is 314 g/mol. The summed E-state index contributed by atoms with van der Waals surface area (Å²) in [4.78, 5) is 25.9. The van der Waals surface area contributed by atoms with Gasteiger partial charge >= 0.3 is 5.97 Å². The third-order valence-electron chi connectivity index (χ3n) is 5.56. The molecule has 1 atom stereocenters. The lowest BCUT2D eigenvalue weighted by Gasteiger charge is -2.37. The predicted molar refractivity (Wildman–Crippen MR) is 88.5 cm³/mol. The number of hydrogen-bond acceptors (Lipinski definition) is 2. The Morgan fingerprint density at radius 2 is 1.87 bits per heavy atom. The number of hydrogen-bond donors (Lipinski definition) is 1. The molecule has 3 rings (SSSR count). The minimum atomic E-state index is -0.836. The minimum Gasteiger partial charge on any atom is -0.481 e. The van der Waals surface area contributed by atoms with Crippen molar-refractivity contribution in [1.82, 2.24) is 4.90 Å². The molecule has 2 aliphatic rings. The Bertz CT molecular complexity index is 634. The van der Waals surface area contributed by atoms with Crippen molar-refractivity contribution in [3.63, 3.8) is 0 Å². The van der Waals surface area contributed by atoms with E-state index >= 15 is 0 Å². The van der Waals surface area contributed by atoms with Gasteiger partial charge in [0, 0.05) is 29.4 Å². The number of carbonyl (C=O) groups is 2. The fourth-order valence-corrected chi connectivity index (χ4v) is 3.93. The van der Waals surface area contributed by atoms with Gasteiger partial charge in [-0.15, -0.1) is 0 Å². The molecule has 1 aliphatic carbocycles. The maximum Gasteiger partial charge on any atom is 0.310 e. The van der Waals surface area contributed by atoms with Crippen molar-refractivity contribution in [3.8, 4) is 0 Å². The highest BCUT2D eigenvalue weighted by molar-refractivity contribution is 6.30. The summed E-state index contributed by atoms with van der Waals surface area (Å²) in [5, 5.41) is 10.0. The zero-order valence-corrected chi connectivity index (χ0v) is 14.3. The van der Waals surface area contributed by atoms with Crippen LogP contribution < -0.4 is 0 Å². The van der Waals surface area contributed by atoms with Crippen LogP contribution >= 0.6 is 11.6 Å². The Balaban J connectivity index is 1.76. The largest absolute Gasteiger partial charge is 0.481 e. The van der Waals surface area contributed by atoms with Gasteiger partial charge in [0.05, 0.1) is 5.41 Å². The van der Waals surface area contributed by atoms with Gasteiger partial charge in [-0.25, -0.2) is 0 Å². The number of nitrogens with zero attached hydrogens (tertiary/aromatic N) is 1. The number of carboxylic acid groups (broad SMARTS) is 1. The SMILES string of the molecule is CC1(C)C(c2ccc(Cl)cc2)CCN1C(=O)CC1(C(=O)O)CC1. The van der Waals surface area contributed by atoms with Crippen LogP contribution in [-0.4, -0.2) is 34.0 Å². The number of rotatable bonds is 4. The molecule has 0 spiro atoms. The molecule has 4 nitrogen and oxygen atoms in total. The molecule has 1 amide bonds. The van der Waals surface area contributed by atoms with Gasteiger partial charge in [-0.3, -0.25) is 9.59 Å². The highest BCUT2D eigenvalue weighted by Gasteiger charge is 2.54. The van der Waals surface area contributed by atoms with E-state index in [0.29, 0.717) is 24.4 Å². The molecule has 1 aromatic carbocycles. The fourth-order valence-electron chi connectivity index (χ4n) is 3.81. The summed E-state index contributed by atoms with van der Waals surface area (Å²) in [5.41, 5.74) is 0.0550. The molecule has 1 unspecified atom stereocenters. The first-order valence-corrected chi connectivity index (χ1v) is 8.43. The Morgan fingerprint density at radius 1 is 1.26 bits per heavy atom. The molecule has 1 saturated carbocycles. The van der Waals surface area contributed by atoms with Crippen LogP contribution in [0.25, 0.3) is 0 Å². The van der Waals surface area contributed by atoms with Crippen molar-refractivity contribution in [1.29, 1.82) is 0 Å². The summed E-state index contributed by atoms with van der Waals surface area (Å²) in [6.45, 7) is 4.81. The third kappa shape index (κ3) is 2.85. The molecule has 1 aliphatic heterocycles. The molecule has 1 heterocycles. The topological polar surface area (TPSA) is 57.6 Å². The van der Waals surface area contributed by atoms with E-state index in [1.54, 1.807) is 0 Å². The Kier molecular flexibility index (Phi) is 3.91. The summed E-state index contributed by atoms with van der Waals surface area (Å²) in [5.74, 6) is -0.632. The van der Waals surface area contributed by atoms with Gasteiger partial charge in [-0.1, -0.05) is 23.7 Å². The standard InChI is InChI=1S/C18H22ClNO3/c1-17(2)14(12-3-5-13(19)6-4-12)7-10-20(17)15(21)11-18(8-9-18)16(22)23/h3-6,14H,7-11H2,1-2H3,(H,22,23). The monoisotopic (exact) mass is 335 g/mol. The average molecular weight is 336 g/mol. The van der Waals surface area contributed by atoms with Crippen molar-refractivity contribution < 1.29 is 14.7 Å². The summed E-state index contributed by atoms with van der Waals surface area (Å²) in [6.07, 6.45) is 2.24. The van der Waals surface area contributed by atoms with E-state index in [-0.39, 0.29) is 23.8 Å². The first kappa shape index (κ1) is 16.3. The summed E-state index contributed by atoms with van der Waals surface area (Å²) >= 11 is 5.96. The molecule has 1 aromatic rings. The number of carbonyl (C=O) groups excluding carboxylic acids is 1. The van der Waals surface area contributed by atoms with Gasteiger partial charge in [0.1, 0.15) is 0 Å². The number of carboxylic acids is 1. The predicted octanol–water partition coefficient (Wildman–Crippen LogP) is 3.69.